The smallest absolute Gasteiger partial charge is 0.410 e. The van der Waals surface area contributed by atoms with Gasteiger partial charge >= 0.3 is 12.2 Å². The number of hydrogen-bond donors (Lipinski definition) is 1. The summed E-state index contributed by atoms with van der Waals surface area (Å²) in [6, 6.07) is 9.41. The Bertz CT molecular complexity index is 655. The average molecular weight is 514 g/mol. The van der Waals surface area contributed by atoms with Crippen molar-refractivity contribution in [3.8, 4) is 0 Å². The quantitative estimate of drug-likeness (QED) is 0.216. The summed E-state index contributed by atoms with van der Waals surface area (Å²) in [5.74, 6) is 0. The van der Waals surface area contributed by atoms with Crippen LogP contribution in [0.15, 0.2) is 30.3 Å². The molecule has 0 aliphatic heterocycles. The van der Waals surface area contributed by atoms with Gasteiger partial charge in [-0.2, -0.15) is 0 Å². The van der Waals surface area contributed by atoms with Crippen molar-refractivity contribution in [3.63, 3.8) is 0 Å². The zero-order valence-electron chi connectivity index (χ0n) is 18.4. The number of carbonyl (C=O) groups is 2. The number of nitrogens with zero attached hydrogens (tertiary/aromatic N) is 1. The molecule has 182 valence electrons. The van der Waals surface area contributed by atoms with Crippen LogP contribution in [0.2, 0.25) is 0 Å². The van der Waals surface area contributed by atoms with E-state index >= 15 is 0 Å². The van der Waals surface area contributed by atoms with E-state index in [2.05, 4.69) is 5.32 Å². The highest BCUT2D eigenvalue weighted by atomic mass is 35.6. The summed E-state index contributed by atoms with van der Waals surface area (Å²) >= 11 is 16.6. The lowest BCUT2D eigenvalue weighted by Crippen LogP contribution is -2.37. The highest BCUT2D eigenvalue weighted by Gasteiger charge is 2.22. The van der Waals surface area contributed by atoms with Crippen LogP contribution in [0.5, 0.6) is 0 Å². The van der Waals surface area contributed by atoms with E-state index in [0.29, 0.717) is 39.1 Å². The Morgan fingerprint density at radius 2 is 1.69 bits per heavy atom. The maximum absolute atomic E-state index is 12.7. The lowest BCUT2D eigenvalue weighted by Gasteiger charge is -2.25. The molecule has 0 saturated heterocycles. The molecule has 0 saturated carbocycles. The zero-order chi connectivity index (χ0) is 23.8. The molecule has 0 atom stereocenters. The lowest BCUT2D eigenvalue weighted by atomic mass is 10.2. The molecular formula is C21H31Cl3N2O6. The minimum atomic E-state index is -1.67. The van der Waals surface area contributed by atoms with Crippen LogP contribution in [-0.4, -0.2) is 66.6 Å². The van der Waals surface area contributed by atoms with Crippen molar-refractivity contribution in [1.29, 1.82) is 0 Å². The summed E-state index contributed by atoms with van der Waals surface area (Å²) in [6.45, 7) is 5.56. The fourth-order valence-electron chi connectivity index (χ4n) is 2.61. The van der Waals surface area contributed by atoms with Gasteiger partial charge < -0.3 is 29.2 Å². The first-order valence-electron chi connectivity index (χ1n) is 10.4. The van der Waals surface area contributed by atoms with Gasteiger partial charge in [0.15, 0.2) is 6.29 Å². The van der Waals surface area contributed by atoms with Gasteiger partial charge in [-0.15, -0.1) is 0 Å². The maximum Gasteiger partial charge on any atom is 0.410 e. The monoisotopic (exact) mass is 512 g/mol. The van der Waals surface area contributed by atoms with Crippen LogP contribution in [0.1, 0.15) is 32.3 Å². The molecule has 0 fully saturated rings. The first-order valence-corrected chi connectivity index (χ1v) is 11.5. The van der Waals surface area contributed by atoms with E-state index in [0.717, 1.165) is 5.56 Å². The zero-order valence-corrected chi connectivity index (χ0v) is 20.6. The van der Waals surface area contributed by atoms with Gasteiger partial charge in [0.1, 0.15) is 13.2 Å². The summed E-state index contributed by atoms with van der Waals surface area (Å²) in [4.78, 5) is 25.8. The van der Waals surface area contributed by atoms with Crippen LogP contribution in [0.3, 0.4) is 0 Å². The summed E-state index contributed by atoms with van der Waals surface area (Å²) in [7, 11) is 0. The number of rotatable bonds is 14. The van der Waals surface area contributed by atoms with Crippen molar-refractivity contribution in [3.05, 3.63) is 35.9 Å². The summed E-state index contributed by atoms with van der Waals surface area (Å²) in [5.41, 5.74) is 0.890. The topological polar surface area (TPSA) is 86.3 Å². The fraction of sp³-hybridized carbons (Fsp3) is 0.619. The van der Waals surface area contributed by atoms with Crippen molar-refractivity contribution >= 4 is 47.0 Å². The molecule has 0 aliphatic rings. The van der Waals surface area contributed by atoms with E-state index in [1.165, 1.54) is 0 Å². The molecule has 32 heavy (non-hydrogen) atoms. The molecule has 1 N–H and O–H groups in total. The van der Waals surface area contributed by atoms with Gasteiger partial charge in [-0.25, -0.2) is 9.59 Å². The molecule has 0 aliphatic carbocycles. The molecule has 11 heteroatoms. The molecule has 0 bridgehead atoms. The van der Waals surface area contributed by atoms with E-state index in [4.69, 9.17) is 53.8 Å². The van der Waals surface area contributed by atoms with E-state index < -0.39 is 22.3 Å². The van der Waals surface area contributed by atoms with Crippen molar-refractivity contribution in [2.24, 2.45) is 0 Å². The number of ether oxygens (including phenoxy) is 4. The Balaban J connectivity index is 2.54. The van der Waals surface area contributed by atoms with E-state index in [9.17, 15) is 9.59 Å². The lowest BCUT2D eigenvalue weighted by molar-refractivity contribution is -0.141. The first-order chi connectivity index (χ1) is 15.2. The highest BCUT2D eigenvalue weighted by Crippen LogP contribution is 2.25. The van der Waals surface area contributed by atoms with Gasteiger partial charge in [0.2, 0.25) is 3.79 Å². The van der Waals surface area contributed by atoms with E-state index in [1.807, 2.05) is 44.2 Å². The Kier molecular flexibility index (Phi) is 14.5. The fourth-order valence-corrected chi connectivity index (χ4v) is 2.78. The molecule has 1 aromatic carbocycles. The molecule has 0 heterocycles. The standard InChI is InChI=1S/C21H31Cl3N2O6/c1-3-29-18(30-4-2)11-14-26(20(28)31-15-17-9-6-5-7-10-17)13-8-12-25-19(27)32-16-21(22,23)24/h5-7,9-10,18H,3-4,8,11-16H2,1-2H3,(H,25,27). The van der Waals surface area contributed by atoms with Crippen molar-refractivity contribution in [1.82, 2.24) is 10.2 Å². The van der Waals surface area contributed by atoms with Crippen LogP contribution in [0.4, 0.5) is 9.59 Å². The van der Waals surface area contributed by atoms with Crippen LogP contribution in [-0.2, 0) is 25.6 Å². The largest absolute Gasteiger partial charge is 0.445 e. The minimum Gasteiger partial charge on any atom is -0.445 e. The van der Waals surface area contributed by atoms with Crippen molar-refractivity contribution < 1.29 is 28.5 Å². The van der Waals surface area contributed by atoms with Crippen LogP contribution < -0.4 is 5.32 Å². The number of carbonyl (C=O) groups excluding carboxylic acids is 2. The second kappa shape index (κ2) is 16.2. The van der Waals surface area contributed by atoms with Gasteiger partial charge in [0.05, 0.1) is 0 Å². The molecular weight excluding hydrogens is 483 g/mol. The van der Waals surface area contributed by atoms with Gasteiger partial charge in [0, 0.05) is 39.3 Å². The summed E-state index contributed by atoms with van der Waals surface area (Å²) in [6.07, 6.45) is -0.621. The van der Waals surface area contributed by atoms with Crippen LogP contribution in [0, 0.1) is 0 Å². The SMILES string of the molecule is CCOC(CCN(CCCNC(=O)OCC(Cl)(Cl)Cl)C(=O)OCc1ccccc1)OCC. The molecule has 0 spiro atoms. The number of amides is 2. The third-order valence-corrected chi connectivity index (χ3v) is 4.37. The minimum absolute atomic E-state index is 0.165. The number of alkyl carbamates (subject to hydrolysis) is 1. The average Bonchev–Trinajstić information content (AvgIpc) is 2.76. The van der Waals surface area contributed by atoms with Crippen LogP contribution >= 0.6 is 34.8 Å². The maximum atomic E-state index is 12.7. The van der Waals surface area contributed by atoms with Gasteiger partial charge in [-0.1, -0.05) is 65.1 Å². The number of alkyl halides is 3. The number of nitrogens with one attached hydrogen (secondary N) is 1. The summed E-state index contributed by atoms with van der Waals surface area (Å²) in [5, 5.41) is 2.55. The summed E-state index contributed by atoms with van der Waals surface area (Å²) < 4.78 is 19.7. The Labute approximate surface area is 204 Å². The Morgan fingerprint density at radius 3 is 2.28 bits per heavy atom. The molecule has 1 rings (SSSR count). The molecule has 0 aromatic heterocycles. The Hall–Kier alpha value is -1.45. The number of halogens is 3. The van der Waals surface area contributed by atoms with Crippen molar-refractivity contribution in [2.45, 2.75) is 43.4 Å². The molecule has 1 aromatic rings. The Morgan fingerprint density at radius 1 is 1.03 bits per heavy atom. The van der Waals surface area contributed by atoms with E-state index in [-0.39, 0.29) is 19.8 Å². The third-order valence-electron chi connectivity index (χ3n) is 4.04. The second-order valence-corrected chi connectivity index (χ2v) is 9.14. The van der Waals surface area contributed by atoms with Crippen LogP contribution in [0.25, 0.3) is 0 Å². The third kappa shape index (κ3) is 13.9. The second-order valence-electron chi connectivity index (χ2n) is 6.63. The van der Waals surface area contributed by atoms with Gasteiger partial charge in [0.25, 0.3) is 0 Å². The normalized spacial score (nSPS) is 11.3. The molecule has 0 radical (unpaired) electrons. The van der Waals surface area contributed by atoms with Crippen molar-refractivity contribution in [2.75, 3.05) is 39.5 Å². The van der Waals surface area contributed by atoms with Gasteiger partial charge in [-0.3, -0.25) is 0 Å². The first kappa shape index (κ1) is 28.6. The molecule has 2 amide bonds. The van der Waals surface area contributed by atoms with E-state index in [1.54, 1.807) is 4.90 Å². The number of hydrogen-bond acceptors (Lipinski definition) is 6. The number of benzene rings is 1. The molecule has 0 unspecified atom stereocenters. The highest BCUT2D eigenvalue weighted by molar-refractivity contribution is 6.67. The van der Waals surface area contributed by atoms with Gasteiger partial charge in [-0.05, 0) is 25.8 Å². The predicted molar refractivity (Wildman–Crippen MR) is 124 cm³/mol. The predicted octanol–water partition coefficient (Wildman–Crippen LogP) is 4.90. The molecule has 8 nitrogen and oxygen atoms in total.